The van der Waals surface area contributed by atoms with E-state index in [1.807, 2.05) is 0 Å². The van der Waals surface area contributed by atoms with Crippen LogP contribution in [0, 0.1) is 5.21 Å². The summed E-state index contributed by atoms with van der Waals surface area (Å²) in [4.78, 5) is 0. The summed E-state index contributed by atoms with van der Waals surface area (Å²) in [5.41, 5.74) is 2.45. The van der Waals surface area contributed by atoms with E-state index in [0.717, 1.165) is 0 Å². The topological polar surface area (TPSA) is 42.8 Å². The molecule has 0 heterocycles. The molecule has 0 saturated carbocycles. The lowest BCUT2D eigenvalue weighted by Gasteiger charge is -2.24. The minimum atomic E-state index is -0.0694. The van der Waals surface area contributed by atoms with Crippen molar-refractivity contribution >= 4 is 0 Å². The number of nitrogens with one attached hydrogen (secondary N) is 2. The van der Waals surface area contributed by atoms with Gasteiger partial charge in [-0.05, 0) is 0 Å². The predicted octanol–water partition coefficient (Wildman–Crippen LogP) is -2.02. The summed E-state index contributed by atoms with van der Waals surface area (Å²) in [5.74, 6) is 0. The van der Waals surface area contributed by atoms with Crippen molar-refractivity contribution in [1.82, 2.24) is 10.4 Å². The summed E-state index contributed by atoms with van der Waals surface area (Å²) in [6.45, 7) is 0. The monoisotopic (exact) mass is 105 g/mol. The smallest absolute Gasteiger partial charge is 0.0383 e. The highest BCUT2D eigenvalue weighted by molar-refractivity contribution is 4.03. The standard InChI is InChI=1S/C3H11N3O/c1-4-6(7)5(2)3/h4,6H,1-3H3. The molecule has 0 radical (unpaired) electrons. The maximum Gasteiger partial charge on any atom is 0.0383 e. The third-order valence-electron chi connectivity index (χ3n) is 0.620. The van der Waals surface area contributed by atoms with E-state index in [-0.39, 0.29) is 5.28 Å². The lowest BCUT2D eigenvalue weighted by Crippen LogP contribution is -3.18. The third kappa shape index (κ3) is 2.52. The van der Waals surface area contributed by atoms with Crippen LogP contribution < -0.4 is 10.7 Å². The summed E-state index contributed by atoms with van der Waals surface area (Å²) in [5, 5.41) is 11.7. The second-order valence-corrected chi connectivity index (χ2v) is 1.45. The normalized spacial score (nSPS) is 15.0. The molecule has 0 spiro atoms. The largest absolute Gasteiger partial charge is 0.593 e. The van der Waals surface area contributed by atoms with E-state index in [2.05, 4.69) is 5.43 Å². The van der Waals surface area contributed by atoms with Gasteiger partial charge >= 0.3 is 0 Å². The van der Waals surface area contributed by atoms with Crippen LogP contribution in [0.1, 0.15) is 0 Å². The lowest BCUT2D eigenvalue weighted by molar-refractivity contribution is -1.00. The maximum absolute atomic E-state index is 10.3. The fourth-order valence-corrected chi connectivity index (χ4v) is 0.224. The van der Waals surface area contributed by atoms with Crippen molar-refractivity contribution in [2.75, 3.05) is 21.1 Å². The fraction of sp³-hybridized carbons (Fsp3) is 1.00. The molecular formula is C3H11N3O. The van der Waals surface area contributed by atoms with E-state index in [9.17, 15) is 5.21 Å². The Morgan fingerprint density at radius 2 is 2.00 bits per heavy atom. The molecule has 0 rings (SSSR count). The fourth-order valence-electron chi connectivity index (χ4n) is 0.224. The van der Waals surface area contributed by atoms with E-state index in [1.54, 1.807) is 21.1 Å². The Labute approximate surface area is 43.2 Å². The average Bonchev–Trinajstić information content (AvgIpc) is 1.65. The highest BCUT2D eigenvalue weighted by atomic mass is 16.6. The molecule has 0 amide bonds. The molecule has 2 N–H and O–H groups in total. The minimum absolute atomic E-state index is 0.0694. The first-order valence-electron chi connectivity index (χ1n) is 2.07. The van der Waals surface area contributed by atoms with E-state index in [1.165, 1.54) is 5.01 Å². The summed E-state index contributed by atoms with van der Waals surface area (Å²) < 4.78 is 0. The predicted molar refractivity (Wildman–Crippen MR) is 27.1 cm³/mol. The second-order valence-electron chi connectivity index (χ2n) is 1.45. The molecule has 0 aromatic carbocycles. The molecule has 0 saturated heterocycles. The van der Waals surface area contributed by atoms with Gasteiger partial charge in [0, 0.05) is 21.1 Å². The van der Waals surface area contributed by atoms with Gasteiger partial charge in [-0.3, -0.25) is 0 Å². The Hall–Kier alpha value is -0.160. The van der Waals surface area contributed by atoms with Crippen molar-refractivity contribution in [1.29, 1.82) is 0 Å². The summed E-state index contributed by atoms with van der Waals surface area (Å²) >= 11 is 0. The zero-order valence-corrected chi connectivity index (χ0v) is 4.86. The third-order valence-corrected chi connectivity index (χ3v) is 0.620. The summed E-state index contributed by atoms with van der Waals surface area (Å²) in [7, 11) is 4.99. The SMILES string of the molecule is CN[NH+]([O-])N(C)C. The first kappa shape index (κ1) is 6.84. The van der Waals surface area contributed by atoms with Crippen LogP contribution in [0.5, 0.6) is 0 Å². The van der Waals surface area contributed by atoms with Crippen LogP contribution in [-0.2, 0) is 0 Å². The minimum Gasteiger partial charge on any atom is -0.593 e. The Kier molecular flexibility index (Phi) is 2.86. The van der Waals surface area contributed by atoms with Crippen molar-refractivity contribution in [2.24, 2.45) is 0 Å². The first-order chi connectivity index (χ1) is 3.18. The molecule has 0 bridgehead atoms. The van der Waals surface area contributed by atoms with Crippen LogP contribution in [0.25, 0.3) is 0 Å². The van der Waals surface area contributed by atoms with E-state index >= 15 is 0 Å². The zero-order chi connectivity index (χ0) is 5.86. The van der Waals surface area contributed by atoms with Gasteiger partial charge in [-0.1, -0.05) is 0 Å². The van der Waals surface area contributed by atoms with Crippen LogP contribution in [0.15, 0.2) is 0 Å². The Morgan fingerprint density at radius 1 is 1.57 bits per heavy atom. The number of quaternary nitrogens is 1. The molecule has 0 fully saturated rings. The molecule has 0 aliphatic carbocycles. The molecule has 1 unspecified atom stereocenters. The van der Waals surface area contributed by atoms with Gasteiger partial charge in [0.05, 0.1) is 0 Å². The molecule has 1 atom stereocenters. The second kappa shape index (κ2) is 2.92. The van der Waals surface area contributed by atoms with E-state index in [0.29, 0.717) is 0 Å². The van der Waals surface area contributed by atoms with E-state index < -0.39 is 0 Å². The van der Waals surface area contributed by atoms with Gasteiger partial charge in [-0.25, -0.2) is 5.28 Å². The van der Waals surface area contributed by atoms with Crippen molar-refractivity contribution < 1.29 is 5.28 Å². The first-order valence-corrected chi connectivity index (χ1v) is 2.07. The number of hydrogen-bond acceptors (Lipinski definition) is 3. The van der Waals surface area contributed by atoms with Gasteiger partial charge in [-0.2, -0.15) is 5.43 Å². The van der Waals surface area contributed by atoms with Crippen molar-refractivity contribution in [3.8, 4) is 0 Å². The van der Waals surface area contributed by atoms with Crippen LogP contribution >= 0.6 is 0 Å². The van der Waals surface area contributed by atoms with Gasteiger partial charge in [0.1, 0.15) is 0 Å². The molecular weight excluding hydrogens is 94.1 g/mol. The van der Waals surface area contributed by atoms with Crippen molar-refractivity contribution in [2.45, 2.75) is 0 Å². The van der Waals surface area contributed by atoms with Gasteiger partial charge < -0.3 is 5.21 Å². The Bertz CT molecular complexity index is 47.4. The molecule has 0 aromatic heterocycles. The lowest BCUT2D eigenvalue weighted by atomic mass is 11.2. The van der Waals surface area contributed by atoms with Crippen LogP contribution in [0.4, 0.5) is 0 Å². The van der Waals surface area contributed by atoms with Gasteiger partial charge in [0.2, 0.25) is 0 Å². The summed E-state index contributed by atoms with van der Waals surface area (Å²) in [6.07, 6.45) is 0. The van der Waals surface area contributed by atoms with E-state index in [4.69, 9.17) is 0 Å². The van der Waals surface area contributed by atoms with Crippen molar-refractivity contribution in [3.05, 3.63) is 5.21 Å². The summed E-state index contributed by atoms with van der Waals surface area (Å²) in [6, 6.07) is 0. The number of rotatable bonds is 2. The number of nitrogens with zero attached hydrogens (tertiary/aromatic N) is 1. The van der Waals surface area contributed by atoms with Crippen LogP contribution in [-0.4, -0.2) is 26.2 Å². The zero-order valence-electron chi connectivity index (χ0n) is 4.86. The molecule has 0 aliphatic rings. The molecule has 4 heteroatoms. The molecule has 0 aliphatic heterocycles. The maximum atomic E-state index is 10.3. The molecule has 7 heavy (non-hydrogen) atoms. The highest BCUT2D eigenvalue weighted by Crippen LogP contribution is 1.42. The Balaban J connectivity index is 3.14. The van der Waals surface area contributed by atoms with Gasteiger partial charge in [0.25, 0.3) is 0 Å². The van der Waals surface area contributed by atoms with Gasteiger partial charge in [-0.15, -0.1) is 5.01 Å². The number of hydrogen-bond donors (Lipinski definition) is 2. The van der Waals surface area contributed by atoms with Crippen molar-refractivity contribution in [3.63, 3.8) is 0 Å². The van der Waals surface area contributed by atoms with Crippen LogP contribution in [0.2, 0.25) is 0 Å². The molecule has 44 valence electrons. The molecule has 4 nitrogen and oxygen atoms in total. The quantitative estimate of drug-likeness (QED) is 0.398. The average molecular weight is 105 g/mol. The highest BCUT2D eigenvalue weighted by Gasteiger charge is 1.90. The molecule has 0 aromatic rings. The van der Waals surface area contributed by atoms with Crippen LogP contribution in [0.3, 0.4) is 0 Å². The van der Waals surface area contributed by atoms with Gasteiger partial charge in [0.15, 0.2) is 0 Å². The Morgan fingerprint density at radius 3 is 2.00 bits per heavy atom.